The lowest BCUT2D eigenvalue weighted by Gasteiger charge is -2.05. The first-order valence-electron chi connectivity index (χ1n) is 7.82. The second kappa shape index (κ2) is 8.01. The predicted molar refractivity (Wildman–Crippen MR) is 84.8 cm³/mol. The number of nitrogens with zero attached hydrogens (tertiary/aromatic N) is 2. The minimum Gasteiger partial charge on any atom is -0.396 e. The van der Waals surface area contributed by atoms with E-state index in [0.717, 1.165) is 13.1 Å². The number of hydrogen-bond acceptors (Lipinski definition) is 2. The second-order valence-corrected chi connectivity index (χ2v) is 6.14. The molecule has 0 aromatic carbocycles. The highest BCUT2D eigenvalue weighted by atomic mass is 16.3. The van der Waals surface area contributed by atoms with Crippen LogP contribution in [-0.2, 0) is 13.1 Å². The van der Waals surface area contributed by atoms with Crippen molar-refractivity contribution >= 4 is 0 Å². The molecule has 0 saturated heterocycles. The zero-order valence-corrected chi connectivity index (χ0v) is 13.4. The van der Waals surface area contributed by atoms with Crippen molar-refractivity contribution in [3.8, 4) is 11.1 Å². The zero-order valence-electron chi connectivity index (χ0n) is 13.4. The quantitative estimate of drug-likeness (QED) is 0.755. The van der Waals surface area contributed by atoms with Crippen LogP contribution < -0.4 is 9.13 Å². The number of aliphatic hydroxyl groups is 2. The summed E-state index contributed by atoms with van der Waals surface area (Å²) in [5.41, 5.74) is 2.35. The first-order chi connectivity index (χ1) is 10.6. The van der Waals surface area contributed by atoms with Crippen molar-refractivity contribution in [2.75, 3.05) is 13.2 Å². The van der Waals surface area contributed by atoms with Gasteiger partial charge in [-0.2, -0.15) is 0 Å². The Morgan fingerprint density at radius 2 is 1.05 bits per heavy atom. The standard InChI is InChI=1S/C18H26N2O2/c1-15(13-21)11-19-7-3-17(4-8-19)18-5-9-20(10-6-18)12-16(2)14-22/h3-10,15-16,21-22H,11-14H2,1-2H3/q+2. The fraction of sp³-hybridized carbons (Fsp3) is 0.444. The summed E-state index contributed by atoms with van der Waals surface area (Å²) in [4.78, 5) is 0. The lowest BCUT2D eigenvalue weighted by atomic mass is 10.1. The molecule has 2 heterocycles. The average Bonchev–Trinajstić information content (AvgIpc) is 2.56. The van der Waals surface area contributed by atoms with Crippen LogP contribution in [0.15, 0.2) is 49.1 Å². The Morgan fingerprint density at radius 3 is 1.32 bits per heavy atom. The molecule has 2 atom stereocenters. The molecule has 2 aromatic rings. The summed E-state index contributed by atoms with van der Waals surface area (Å²) < 4.78 is 4.19. The molecule has 4 heteroatoms. The Bertz CT molecular complexity index is 513. The minimum atomic E-state index is 0.208. The number of rotatable bonds is 7. The monoisotopic (exact) mass is 302 g/mol. The molecule has 4 nitrogen and oxygen atoms in total. The third-order valence-electron chi connectivity index (χ3n) is 3.78. The van der Waals surface area contributed by atoms with Crippen molar-refractivity contribution in [1.82, 2.24) is 0 Å². The van der Waals surface area contributed by atoms with Crippen LogP contribution in [-0.4, -0.2) is 23.4 Å². The molecule has 2 aromatic heterocycles. The van der Waals surface area contributed by atoms with Crippen molar-refractivity contribution in [3.05, 3.63) is 49.1 Å². The molecule has 0 bridgehead atoms. The summed E-state index contributed by atoms with van der Waals surface area (Å²) in [7, 11) is 0. The zero-order chi connectivity index (χ0) is 15.9. The third-order valence-corrected chi connectivity index (χ3v) is 3.78. The normalized spacial score (nSPS) is 13.8. The number of aromatic nitrogens is 2. The molecule has 0 spiro atoms. The molecule has 0 aliphatic heterocycles. The van der Waals surface area contributed by atoms with Crippen LogP contribution in [0.1, 0.15) is 13.8 Å². The van der Waals surface area contributed by atoms with E-state index in [2.05, 4.69) is 58.2 Å². The molecular formula is C18H26N2O2+2. The van der Waals surface area contributed by atoms with Gasteiger partial charge in [0.05, 0.1) is 13.2 Å². The maximum atomic E-state index is 9.10. The molecule has 2 unspecified atom stereocenters. The number of hydrogen-bond donors (Lipinski definition) is 2. The second-order valence-electron chi connectivity index (χ2n) is 6.14. The van der Waals surface area contributed by atoms with E-state index in [1.54, 1.807) is 0 Å². The van der Waals surface area contributed by atoms with Gasteiger partial charge in [0.2, 0.25) is 0 Å². The Labute approximate surface area is 132 Å². The predicted octanol–water partition coefficient (Wildman–Crippen LogP) is 1.19. The van der Waals surface area contributed by atoms with Gasteiger partial charge in [0.15, 0.2) is 37.9 Å². The van der Waals surface area contributed by atoms with E-state index < -0.39 is 0 Å². The average molecular weight is 302 g/mol. The van der Waals surface area contributed by atoms with Crippen molar-refractivity contribution in [1.29, 1.82) is 0 Å². The van der Waals surface area contributed by atoms with Gasteiger partial charge in [-0.15, -0.1) is 0 Å². The Balaban J connectivity index is 2.05. The van der Waals surface area contributed by atoms with E-state index >= 15 is 0 Å². The van der Waals surface area contributed by atoms with Crippen LogP contribution in [0.2, 0.25) is 0 Å². The molecule has 2 rings (SSSR count). The molecule has 0 aliphatic rings. The van der Waals surface area contributed by atoms with Gasteiger partial charge in [-0.1, -0.05) is 13.8 Å². The molecule has 0 amide bonds. The highest BCUT2D eigenvalue weighted by Crippen LogP contribution is 2.15. The van der Waals surface area contributed by atoms with Crippen LogP contribution in [0.5, 0.6) is 0 Å². The van der Waals surface area contributed by atoms with Crippen LogP contribution in [0, 0.1) is 11.8 Å². The molecule has 0 fully saturated rings. The van der Waals surface area contributed by atoms with Gasteiger partial charge >= 0.3 is 0 Å². The van der Waals surface area contributed by atoms with E-state index in [-0.39, 0.29) is 25.0 Å². The van der Waals surface area contributed by atoms with Crippen LogP contribution >= 0.6 is 0 Å². The Kier molecular flexibility index (Phi) is 6.04. The molecule has 118 valence electrons. The van der Waals surface area contributed by atoms with Crippen LogP contribution in [0.3, 0.4) is 0 Å². The van der Waals surface area contributed by atoms with Gasteiger partial charge in [-0.05, 0) is 11.1 Å². The lowest BCUT2D eigenvalue weighted by molar-refractivity contribution is -0.703. The van der Waals surface area contributed by atoms with Gasteiger partial charge in [0.25, 0.3) is 0 Å². The molecule has 0 saturated carbocycles. The van der Waals surface area contributed by atoms with E-state index in [4.69, 9.17) is 10.2 Å². The van der Waals surface area contributed by atoms with Crippen LogP contribution in [0.4, 0.5) is 0 Å². The molecule has 22 heavy (non-hydrogen) atoms. The van der Waals surface area contributed by atoms with Gasteiger partial charge < -0.3 is 10.2 Å². The van der Waals surface area contributed by atoms with Crippen molar-refractivity contribution < 1.29 is 19.3 Å². The minimum absolute atomic E-state index is 0.208. The third kappa shape index (κ3) is 4.61. The van der Waals surface area contributed by atoms with E-state index in [1.165, 1.54) is 11.1 Å². The highest BCUT2D eigenvalue weighted by Gasteiger charge is 2.10. The Hall–Kier alpha value is -1.78. The number of aliphatic hydroxyl groups excluding tert-OH is 2. The molecule has 0 aliphatic carbocycles. The summed E-state index contributed by atoms with van der Waals surface area (Å²) in [6, 6.07) is 8.39. The molecular weight excluding hydrogens is 276 g/mol. The lowest BCUT2D eigenvalue weighted by Crippen LogP contribution is -2.37. The number of pyridine rings is 2. The van der Waals surface area contributed by atoms with Gasteiger partial charge in [-0.25, -0.2) is 9.13 Å². The largest absolute Gasteiger partial charge is 0.396 e. The molecule has 0 radical (unpaired) electrons. The Morgan fingerprint density at radius 1 is 0.727 bits per heavy atom. The fourth-order valence-electron chi connectivity index (χ4n) is 2.38. The van der Waals surface area contributed by atoms with Gasteiger partial charge in [0, 0.05) is 36.1 Å². The van der Waals surface area contributed by atoms with E-state index in [0.29, 0.717) is 0 Å². The summed E-state index contributed by atoms with van der Waals surface area (Å²) in [5, 5.41) is 18.2. The first kappa shape index (κ1) is 16.6. The summed E-state index contributed by atoms with van der Waals surface area (Å²) >= 11 is 0. The van der Waals surface area contributed by atoms with Gasteiger partial charge in [0.1, 0.15) is 0 Å². The first-order valence-corrected chi connectivity index (χ1v) is 7.82. The summed E-state index contributed by atoms with van der Waals surface area (Å²) in [5.74, 6) is 0.528. The SMILES string of the molecule is CC(CO)C[n+]1ccc(-c2cc[n+](CC(C)CO)cc2)cc1. The maximum Gasteiger partial charge on any atom is 0.169 e. The van der Waals surface area contributed by atoms with Gasteiger partial charge in [-0.3, -0.25) is 0 Å². The van der Waals surface area contributed by atoms with Crippen molar-refractivity contribution in [2.45, 2.75) is 26.9 Å². The molecule has 2 N–H and O–H groups in total. The van der Waals surface area contributed by atoms with Crippen molar-refractivity contribution in [2.24, 2.45) is 11.8 Å². The van der Waals surface area contributed by atoms with E-state index in [1.807, 2.05) is 13.8 Å². The van der Waals surface area contributed by atoms with Crippen LogP contribution in [0.25, 0.3) is 11.1 Å². The topological polar surface area (TPSA) is 48.2 Å². The maximum absolute atomic E-state index is 9.10. The van der Waals surface area contributed by atoms with E-state index in [9.17, 15) is 0 Å². The fourth-order valence-corrected chi connectivity index (χ4v) is 2.38. The summed E-state index contributed by atoms with van der Waals surface area (Å²) in [6.07, 6.45) is 8.21. The smallest absolute Gasteiger partial charge is 0.169 e. The summed E-state index contributed by atoms with van der Waals surface area (Å²) in [6.45, 7) is 6.13. The highest BCUT2D eigenvalue weighted by molar-refractivity contribution is 5.60. The van der Waals surface area contributed by atoms with Crippen molar-refractivity contribution in [3.63, 3.8) is 0 Å².